The summed E-state index contributed by atoms with van der Waals surface area (Å²) in [5.41, 5.74) is 2.40. The maximum absolute atomic E-state index is 4.70. The SMILES string of the molecule is c1ccc(P(CCP(c2ccccc2)c2ccccn2)c2ccccn2)cc1. The van der Waals surface area contributed by atoms with Gasteiger partial charge in [-0.1, -0.05) is 72.8 Å². The van der Waals surface area contributed by atoms with Crippen LogP contribution in [-0.2, 0) is 0 Å². The molecule has 0 N–H and O–H groups in total. The lowest BCUT2D eigenvalue weighted by atomic mass is 10.4. The molecule has 0 saturated heterocycles. The van der Waals surface area contributed by atoms with E-state index in [1.807, 2.05) is 24.5 Å². The lowest BCUT2D eigenvalue weighted by Gasteiger charge is -2.22. The molecule has 2 atom stereocenters. The predicted octanol–water partition coefficient (Wildman–Crippen LogP) is 4.04. The van der Waals surface area contributed by atoms with Gasteiger partial charge >= 0.3 is 0 Å². The number of pyridine rings is 2. The first-order valence-electron chi connectivity index (χ1n) is 9.39. The third kappa shape index (κ3) is 4.71. The standard InChI is InChI=1S/C24H22N2P2/c1-3-11-21(12-4-1)27(23-15-7-9-17-25-23)19-20-28(22-13-5-2-6-14-22)24-16-8-10-18-26-24/h1-18H,19-20H2. The van der Waals surface area contributed by atoms with Gasteiger partial charge in [0.15, 0.2) is 0 Å². The fraction of sp³-hybridized carbons (Fsp3) is 0.0833. The molecule has 4 heteroatoms. The van der Waals surface area contributed by atoms with Crippen LogP contribution >= 0.6 is 15.8 Å². The second-order valence-corrected chi connectivity index (χ2v) is 10.9. The predicted molar refractivity (Wildman–Crippen MR) is 123 cm³/mol. The van der Waals surface area contributed by atoms with Crippen molar-refractivity contribution in [3.05, 3.63) is 109 Å². The monoisotopic (exact) mass is 400 g/mol. The van der Waals surface area contributed by atoms with Crippen LogP contribution < -0.4 is 21.5 Å². The van der Waals surface area contributed by atoms with E-state index in [1.54, 1.807) is 0 Å². The van der Waals surface area contributed by atoms with Crippen molar-refractivity contribution in [1.82, 2.24) is 9.97 Å². The van der Waals surface area contributed by atoms with Crippen LogP contribution in [0.25, 0.3) is 0 Å². The number of aromatic nitrogens is 2. The molecule has 0 fully saturated rings. The van der Waals surface area contributed by atoms with Crippen LogP contribution in [0.1, 0.15) is 0 Å². The van der Waals surface area contributed by atoms with Crippen molar-refractivity contribution >= 4 is 37.3 Å². The van der Waals surface area contributed by atoms with Crippen molar-refractivity contribution < 1.29 is 0 Å². The average molecular weight is 400 g/mol. The molecule has 4 rings (SSSR count). The quantitative estimate of drug-likeness (QED) is 0.438. The second-order valence-electron chi connectivity index (χ2n) is 6.35. The van der Waals surface area contributed by atoms with E-state index in [0.717, 1.165) is 12.3 Å². The fourth-order valence-corrected chi connectivity index (χ4v) is 8.31. The highest BCUT2D eigenvalue weighted by Crippen LogP contribution is 2.40. The summed E-state index contributed by atoms with van der Waals surface area (Å²) < 4.78 is 0. The summed E-state index contributed by atoms with van der Waals surface area (Å²) >= 11 is 0. The Bertz CT molecular complexity index is 802. The summed E-state index contributed by atoms with van der Waals surface area (Å²) in [4.78, 5) is 9.40. The largest absolute Gasteiger partial charge is 0.256 e. The number of rotatable bonds is 7. The zero-order chi connectivity index (χ0) is 19.0. The van der Waals surface area contributed by atoms with Gasteiger partial charge in [0.1, 0.15) is 0 Å². The van der Waals surface area contributed by atoms with Crippen LogP contribution in [0.3, 0.4) is 0 Å². The maximum Gasteiger partial charge on any atom is 0.0676 e. The molecule has 0 aliphatic rings. The van der Waals surface area contributed by atoms with Crippen LogP contribution in [-0.4, -0.2) is 22.3 Å². The number of benzene rings is 2. The van der Waals surface area contributed by atoms with Gasteiger partial charge in [-0.05, 0) is 63.0 Å². The lowest BCUT2D eigenvalue weighted by Crippen LogP contribution is -2.22. The molecular formula is C24H22N2P2. The molecule has 0 saturated carbocycles. The van der Waals surface area contributed by atoms with Crippen LogP contribution in [0.5, 0.6) is 0 Å². The molecule has 0 aliphatic carbocycles. The molecular weight excluding hydrogens is 378 g/mol. The molecule has 2 aromatic heterocycles. The molecule has 2 heterocycles. The molecule has 2 unspecified atom stereocenters. The number of hydrogen-bond acceptors (Lipinski definition) is 2. The molecule has 4 aromatic rings. The summed E-state index contributed by atoms with van der Waals surface area (Å²) in [5.74, 6) is 0. The molecule has 28 heavy (non-hydrogen) atoms. The Kier molecular flexibility index (Phi) is 6.56. The van der Waals surface area contributed by atoms with E-state index < -0.39 is 15.8 Å². The topological polar surface area (TPSA) is 25.8 Å². The highest BCUT2D eigenvalue weighted by atomic mass is 31.1. The number of nitrogens with zero attached hydrogens (tertiary/aromatic N) is 2. The van der Waals surface area contributed by atoms with Gasteiger partial charge in [0.05, 0.1) is 10.9 Å². The molecule has 0 amide bonds. The maximum atomic E-state index is 4.70. The molecule has 0 spiro atoms. The van der Waals surface area contributed by atoms with E-state index in [9.17, 15) is 0 Å². The highest BCUT2D eigenvalue weighted by Gasteiger charge is 2.20. The van der Waals surface area contributed by atoms with Crippen LogP contribution in [0.4, 0.5) is 0 Å². The van der Waals surface area contributed by atoms with Gasteiger partial charge in [-0.25, -0.2) is 0 Å². The molecule has 138 valence electrons. The van der Waals surface area contributed by atoms with Crippen molar-refractivity contribution in [2.24, 2.45) is 0 Å². The van der Waals surface area contributed by atoms with Gasteiger partial charge in [0.2, 0.25) is 0 Å². The van der Waals surface area contributed by atoms with Gasteiger partial charge in [-0.2, -0.15) is 0 Å². The van der Waals surface area contributed by atoms with Gasteiger partial charge in [0, 0.05) is 12.4 Å². The third-order valence-corrected chi connectivity index (χ3v) is 9.71. The summed E-state index contributed by atoms with van der Waals surface area (Å²) in [5, 5.41) is 2.78. The minimum atomic E-state index is -0.487. The Morgan fingerprint density at radius 3 is 1.21 bits per heavy atom. The summed E-state index contributed by atoms with van der Waals surface area (Å²) in [6.07, 6.45) is 6.03. The minimum Gasteiger partial charge on any atom is -0.256 e. The van der Waals surface area contributed by atoms with Crippen LogP contribution in [0.2, 0.25) is 0 Å². The van der Waals surface area contributed by atoms with Crippen LogP contribution in [0, 0.1) is 0 Å². The van der Waals surface area contributed by atoms with Crippen molar-refractivity contribution in [2.75, 3.05) is 12.3 Å². The van der Waals surface area contributed by atoms with Crippen LogP contribution in [0.15, 0.2) is 109 Å². The number of hydrogen-bond donors (Lipinski definition) is 0. The second kappa shape index (κ2) is 9.69. The molecule has 2 aromatic carbocycles. The van der Waals surface area contributed by atoms with E-state index in [-0.39, 0.29) is 0 Å². The first kappa shape index (κ1) is 18.9. The summed E-state index contributed by atoms with van der Waals surface area (Å²) in [6, 6.07) is 34.2. The zero-order valence-electron chi connectivity index (χ0n) is 15.6. The van der Waals surface area contributed by atoms with Gasteiger partial charge < -0.3 is 0 Å². The Morgan fingerprint density at radius 1 is 0.464 bits per heavy atom. The lowest BCUT2D eigenvalue weighted by molar-refractivity contribution is 1.37. The Labute approximate surface area is 169 Å². The molecule has 0 bridgehead atoms. The average Bonchev–Trinajstić information content (AvgIpc) is 2.79. The molecule has 2 nitrogen and oxygen atoms in total. The van der Waals surface area contributed by atoms with Gasteiger partial charge in [0.25, 0.3) is 0 Å². The Balaban J connectivity index is 1.64. The highest BCUT2D eigenvalue weighted by molar-refractivity contribution is 7.76. The van der Waals surface area contributed by atoms with E-state index in [4.69, 9.17) is 9.97 Å². The van der Waals surface area contributed by atoms with Gasteiger partial charge in [-0.15, -0.1) is 0 Å². The summed E-state index contributed by atoms with van der Waals surface area (Å²) in [7, 11) is -0.974. The first-order chi connectivity index (χ1) is 13.9. The van der Waals surface area contributed by atoms with Crippen molar-refractivity contribution in [3.63, 3.8) is 0 Å². The first-order valence-corrected chi connectivity index (χ1v) is 12.4. The van der Waals surface area contributed by atoms with Crippen molar-refractivity contribution in [1.29, 1.82) is 0 Å². The molecule has 0 aliphatic heterocycles. The van der Waals surface area contributed by atoms with Crippen molar-refractivity contribution in [2.45, 2.75) is 0 Å². The fourth-order valence-electron chi connectivity index (χ4n) is 3.19. The zero-order valence-corrected chi connectivity index (χ0v) is 17.4. The Morgan fingerprint density at radius 2 is 0.857 bits per heavy atom. The van der Waals surface area contributed by atoms with E-state index in [1.165, 1.54) is 21.5 Å². The van der Waals surface area contributed by atoms with Gasteiger partial charge in [-0.3, -0.25) is 9.97 Å². The Hall–Kier alpha value is -2.40. The van der Waals surface area contributed by atoms with E-state index in [2.05, 4.69) is 84.9 Å². The molecule has 0 radical (unpaired) electrons. The minimum absolute atomic E-state index is 0.487. The van der Waals surface area contributed by atoms with E-state index in [0.29, 0.717) is 0 Å². The smallest absolute Gasteiger partial charge is 0.0676 e. The van der Waals surface area contributed by atoms with E-state index >= 15 is 0 Å². The summed E-state index contributed by atoms with van der Waals surface area (Å²) in [6.45, 7) is 0. The third-order valence-electron chi connectivity index (χ3n) is 4.53. The normalized spacial score (nSPS) is 13.0. The van der Waals surface area contributed by atoms with Crippen molar-refractivity contribution in [3.8, 4) is 0 Å².